The Labute approximate surface area is 119 Å². The molecule has 0 radical (unpaired) electrons. The van der Waals surface area contributed by atoms with Gasteiger partial charge in [0.05, 0.1) is 5.02 Å². The van der Waals surface area contributed by atoms with E-state index >= 15 is 0 Å². The number of hydrogen-bond donors (Lipinski definition) is 2. The van der Waals surface area contributed by atoms with Crippen molar-refractivity contribution in [3.8, 4) is 5.75 Å². The Bertz CT molecular complexity index is 424. The van der Waals surface area contributed by atoms with Crippen molar-refractivity contribution >= 4 is 17.5 Å². The summed E-state index contributed by atoms with van der Waals surface area (Å²) in [5.41, 5.74) is 1.07. The highest BCUT2D eigenvalue weighted by molar-refractivity contribution is 6.32. The minimum Gasteiger partial charge on any atom is -0.482 e. The van der Waals surface area contributed by atoms with E-state index in [-0.39, 0.29) is 18.6 Å². The molecular weight excluding hydrogens is 264 g/mol. The second kappa shape index (κ2) is 8.02. The highest BCUT2D eigenvalue weighted by Gasteiger charge is 2.08. The summed E-state index contributed by atoms with van der Waals surface area (Å²) in [5.74, 6) is 0.394. The first-order valence-electron chi connectivity index (χ1n) is 6.42. The summed E-state index contributed by atoms with van der Waals surface area (Å²) < 4.78 is 5.41. The summed E-state index contributed by atoms with van der Waals surface area (Å²) >= 11 is 6.10. The van der Waals surface area contributed by atoms with Crippen LogP contribution in [0.15, 0.2) is 18.2 Å². The Morgan fingerprint density at radius 2 is 2.21 bits per heavy atom. The fraction of sp³-hybridized carbons (Fsp3) is 0.500. The minimum absolute atomic E-state index is 0.0184. The van der Waals surface area contributed by atoms with Crippen LogP contribution in [0.5, 0.6) is 5.75 Å². The fourth-order valence-electron chi connectivity index (χ4n) is 1.54. The zero-order chi connectivity index (χ0) is 14.3. The second-order valence-corrected chi connectivity index (χ2v) is 4.87. The molecule has 0 aromatic heterocycles. The molecule has 0 spiro atoms. The quantitative estimate of drug-likeness (QED) is 0.808. The third kappa shape index (κ3) is 5.49. The van der Waals surface area contributed by atoms with Gasteiger partial charge in [0.1, 0.15) is 5.75 Å². The standard InChI is InChI=1S/C14H21ClN2O2/c1-4-10(2)17-14(18)9-19-13-6-5-11(8-16-3)7-12(13)15/h5-7,10,16H,4,8-9H2,1-3H3,(H,17,18). The number of amides is 1. The van der Waals surface area contributed by atoms with Crippen molar-refractivity contribution in [3.05, 3.63) is 28.8 Å². The smallest absolute Gasteiger partial charge is 0.258 e. The lowest BCUT2D eigenvalue weighted by atomic mass is 10.2. The van der Waals surface area contributed by atoms with Crippen LogP contribution < -0.4 is 15.4 Å². The van der Waals surface area contributed by atoms with Gasteiger partial charge in [-0.05, 0) is 38.1 Å². The van der Waals surface area contributed by atoms with E-state index in [2.05, 4.69) is 10.6 Å². The zero-order valence-electron chi connectivity index (χ0n) is 11.6. The van der Waals surface area contributed by atoms with E-state index in [1.54, 1.807) is 6.07 Å². The van der Waals surface area contributed by atoms with E-state index in [1.165, 1.54) is 0 Å². The van der Waals surface area contributed by atoms with Crippen LogP contribution in [0.2, 0.25) is 5.02 Å². The van der Waals surface area contributed by atoms with Gasteiger partial charge >= 0.3 is 0 Å². The van der Waals surface area contributed by atoms with Crippen molar-refractivity contribution < 1.29 is 9.53 Å². The Kier molecular flexibility index (Phi) is 6.67. The van der Waals surface area contributed by atoms with Gasteiger partial charge < -0.3 is 15.4 Å². The van der Waals surface area contributed by atoms with E-state index in [4.69, 9.17) is 16.3 Å². The van der Waals surface area contributed by atoms with Crippen LogP contribution in [0.25, 0.3) is 0 Å². The van der Waals surface area contributed by atoms with Crippen molar-refractivity contribution in [1.82, 2.24) is 10.6 Å². The van der Waals surface area contributed by atoms with Gasteiger partial charge in [0.2, 0.25) is 0 Å². The maximum atomic E-state index is 11.6. The maximum Gasteiger partial charge on any atom is 0.258 e. The fourth-order valence-corrected chi connectivity index (χ4v) is 1.80. The molecule has 1 aromatic rings. The van der Waals surface area contributed by atoms with E-state index < -0.39 is 0 Å². The molecule has 106 valence electrons. The van der Waals surface area contributed by atoms with Gasteiger partial charge in [0.25, 0.3) is 5.91 Å². The van der Waals surface area contributed by atoms with E-state index in [0.29, 0.717) is 10.8 Å². The molecular formula is C14H21ClN2O2. The molecule has 4 nitrogen and oxygen atoms in total. The predicted molar refractivity (Wildman–Crippen MR) is 77.6 cm³/mol. The SMILES string of the molecule is CCC(C)NC(=O)COc1ccc(CNC)cc1Cl. The first-order chi connectivity index (χ1) is 9.06. The molecule has 0 aliphatic carbocycles. The van der Waals surface area contributed by atoms with Crippen molar-refractivity contribution in [2.24, 2.45) is 0 Å². The molecule has 1 aromatic carbocycles. The molecule has 0 bridgehead atoms. The van der Waals surface area contributed by atoms with Crippen LogP contribution in [0, 0.1) is 0 Å². The topological polar surface area (TPSA) is 50.4 Å². The molecule has 0 saturated heterocycles. The first kappa shape index (κ1) is 15.8. The minimum atomic E-state index is -0.135. The van der Waals surface area contributed by atoms with Crippen molar-refractivity contribution in [2.45, 2.75) is 32.9 Å². The molecule has 0 saturated carbocycles. The highest BCUT2D eigenvalue weighted by Crippen LogP contribution is 2.25. The van der Waals surface area contributed by atoms with Gasteiger partial charge in [-0.3, -0.25) is 4.79 Å². The average Bonchev–Trinajstić information content (AvgIpc) is 2.38. The van der Waals surface area contributed by atoms with Gasteiger partial charge in [-0.15, -0.1) is 0 Å². The molecule has 1 rings (SSSR count). The maximum absolute atomic E-state index is 11.6. The van der Waals surface area contributed by atoms with Crippen LogP contribution in [-0.2, 0) is 11.3 Å². The number of rotatable bonds is 7. The number of carbonyl (C=O) groups excluding carboxylic acids is 1. The lowest BCUT2D eigenvalue weighted by molar-refractivity contribution is -0.123. The highest BCUT2D eigenvalue weighted by atomic mass is 35.5. The molecule has 1 unspecified atom stereocenters. The van der Waals surface area contributed by atoms with Gasteiger partial charge in [-0.25, -0.2) is 0 Å². The van der Waals surface area contributed by atoms with E-state index in [0.717, 1.165) is 18.5 Å². The second-order valence-electron chi connectivity index (χ2n) is 4.46. The van der Waals surface area contributed by atoms with Crippen LogP contribution in [0.3, 0.4) is 0 Å². The lowest BCUT2D eigenvalue weighted by Gasteiger charge is -2.13. The summed E-state index contributed by atoms with van der Waals surface area (Å²) in [6.07, 6.45) is 0.894. The molecule has 1 atom stereocenters. The zero-order valence-corrected chi connectivity index (χ0v) is 12.4. The average molecular weight is 285 g/mol. The van der Waals surface area contributed by atoms with Gasteiger partial charge in [-0.1, -0.05) is 24.6 Å². The summed E-state index contributed by atoms with van der Waals surface area (Å²) in [6.45, 7) is 4.70. The number of benzene rings is 1. The first-order valence-corrected chi connectivity index (χ1v) is 6.79. The van der Waals surface area contributed by atoms with Crippen molar-refractivity contribution in [1.29, 1.82) is 0 Å². The summed E-state index contributed by atoms with van der Waals surface area (Å²) in [4.78, 5) is 11.6. The lowest BCUT2D eigenvalue weighted by Crippen LogP contribution is -2.35. The van der Waals surface area contributed by atoms with E-state index in [9.17, 15) is 4.79 Å². The van der Waals surface area contributed by atoms with Crippen LogP contribution in [0.1, 0.15) is 25.8 Å². The summed E-state index contributed by atoms with van der Waals surface area (Å²) in [6, 6.07) is 5.69. The molecule has 19 heavy (non-hydrogen) atoms. The molecule has 5 heteroatoms. The van der Waals surface area contributed by atoms with Crippen molar-refractivity contribution in [2.75, 3.05) is 13.7 Å². The predicted octanol–water partition coefficient (Wildman–Crippen LogP) is 2.35. The Balaban J connectivity index is 2.51. The van der Waals surface area contributed by atoms with Gasteiger partial charge in [0.15, 0.2) is 6.61 Å². The van der Waals surface area contributed by atoms with Crippen molar-refractivity contribution in [3.63, 3.8) is 0 Å². The number of hydrogen-bond acceptors (Lipinski definition) is 3. The van der Waals surface area contributed by atoms with Gasteiger partial charge in [0, 0.05) is 12.6 Å². The number of nitrogens with one attached hydrogen (secondary N) is 2. The molecule has 2 N–H and O–H groups in total. The van der Waals surface area contributed by atoms with E-state index in [1.807, 2.05) is 33.0 Å². The van der Waals surface area contributed by atoms with Crippen LogP contribution in [0.4, 0.5) is 0 Å². The monoisotopic (exact) mass is 284 g/mol. The molecule has 0 aliphatic heterocycles. The van der Waals surface area contributed by atoms with Crippen LogP contribution in [-0.4, -0.2) is 25.6 Å². The normalized spacial score (nSPS) is 12.0. The Morgan fingerprint density at radius 1 is 1.47 bits per heavy atom. The number of ether oxygens (including phenoxy) is 1. The molecule has 0 fully saturated rings. The Hall–Kier alpha value is -1.26. The number of carbonyl (C=O) groups is 1. The van der Waals surface area contributed by atoms with Crippen LogP contribution >= 0.6 is 11.6 Å². The third-order valence-electron chi connectivity index (χ3n) is 2.76. The molecule has 0 heterocycles. The summed E-state index contributed by atoms with van der Waals surface area (Å²) in [7, 11) is 1.87. The summed E-state index contributed by atoms with van der Waals surface area (Å²) in [5, 5.41) is 6.40. The Morgan fingerprint density at radius 3 is 2.79 bits per heavy atom. The number of halogens is 1. The largest absolute Gasteiger partial charge is 0.482 e. The molecule has 1 amide bonds. The third-order valence-corrected chi connectivity index (χ3v) is 3.05. The van der Waals surface area contributed by atoms with Gasteiger partial charge in [-0.2, -0.15) is 0 Å². The molecule has 0 aliphatic rings.